The predicted octanol–water partition coefficient (Wildman–Crippen LogP) is 2.09. The average molecular weight is 296 g/mol. The van der Waals surface area contributed by atoms with Crippen LogP contribution in [0.5, 0.6) is 0 Å². The van der Waals surface area contributed by atoms with Gasteiger partial charge in [-0.15, -0.1) is 0 Å². The molecule has 1 aromatic carbocycles. The maximum atomic E-state index is 12.9. The molecule has 0 spiro atoms. The molecule has 2 amide bonds. The van der Waals surface area contributed by atoms with Gasteiger partial charge in [-0.25, -0.2) is 9.18 Å². The van der Waals surface area contributed by atoms with Crippen molar-refractivity contribution in [2.75, 3.05) is 13.1 Å². The van der Waals surface area contributed by atoms with Gasteiger partial charge in [0.25, 0.3) is 0 Å². The molecule has 0 heterocycles. The van der Waals surface area contributed by atoms with E-state index in [4.69, 9.17) is 5.11 Å². The zero-order valence-electron chi connectivity index (χ0n) is 12.5. The molecule has 0 fully saturated rings. The first-order chi connectivity index (χ1) is 9.72. The number of rotatable bonds is 6. The molecule has 0 aliphatic rings. The van der Waals surface area contributed by atoms with Crippen LogP contribution in [0.1, 0.15) is 25.0 Å². The molecule has 0 saturated carbocycles. The second-order valence-electron chi connectivity index (χ2n) is 5.62. The summed E-state index contributed by atoms with van der Waals surface area (Å²) in [7, 11) is 0. The van der Waals surface area contributed by atoms with Crippen LogP contribution in [0.15, 0.2) is 18.2 Å². The fourth-order valence-electron chi connectivity index (χ4n) is 1.69. The van der Waals surface area contributed by atoms with Crippen molar-refractivity contribution in [3.05, 3.63) is 35.1 Å². The number of carbonyl (C=O) groups excluding carboxylic acids is 1. The first-order valence-corrected chi connectivity index (χ1v) is 6.72. The first kappa shape index (κ1) is 16.9. The van der Waals surface area contributed by atoms with E-state index in [2.05, 4.69) is 10.6 Å². The van der Waals surface area contributed by atoms with E-state index in [1.54, 1.807) is 6.07 Å². The summed E-state index contributed by atoms with van der Waals surface area (Å²) in [5.41, 5.74) is 0.789. The minimum Gasteiger partial charge on any atom is -0.481 e. The molecule has 0 aliphatic heterocycles. The fourth-order valence-corrected chi connectivity index (χ4v) is 1.69. The van der Waals surface area contributed by atoms with Crippen molar-refractivity contribution >= 4 is 12.0 Å². The number of carboxylic acids is 1. The summed E-state index contributed by atoms with van der Waals surface area (Å²) in [5, 5.41) is 14.1. The van der Waals surface area contributed by atoms with Gasteiger partial charge >= 0.3 is 12.0 Å². The fraction of sp³-hybridized carbons (Fsp3) is 0.467. The molecule has 0 bridgehead atoms. The Labute approximate surface area is 123 Å². The highest BCUT2D eigenvalue weighted by atomic mass is 19.1. The second kappa shape index (κ2) is 7.06. The van der Waals surface area contributed by atoms with E-state index in [1.165, 1.54) is 26.0 Å². The van der Waals surface area contributed by atoms with Gasteiger partial charge in [0.05, 0.1) is 5.41 Å². The molecule has 5 nitrogen and oxygen atoms in total. The molecule has 1 rings (SSSR count). The minimum atomic E-state index is -1.01. The highest BCUT2D eigenvalue weighted by molar-refractivity contribution is 5.77. The van der Waals surface area contributed by atoms with E-state index in [1.807, 2.05) is 6.92 Å². The van der Waals surface area contributed by atoms with Crippen molar-refractivity contribution in [1.29, 1.82) is 0 Å². The second-order valence-corrected chi connectivity index (χ2v) is 5.62. The van der Waals surface area contributed by atoms with Crippen LogP contribution in [0, 0.1) is 18.2 Å². The summed E-state index contributed by atoms with van der Waals surface area (Å²) < 4.78 is 12.9. The molecule has 1 aromatic rings. The zero-order valence-corrected chi connectivity index (χ0v) is 12.5. The smallest absolute Gasteiger partial charge is 0.314 e. The molecule has 0 aliphatic carbocycles. The van der Waals surface area contributed by atoms with E-state index >= 15 is 0 Å². The molecule has 0 unspecified atom stereocenters. The van der Waals surface area contributed by atoms with Crippen LogP contribution in [-0.2, 0) is 11.2 Å². The van der Waals surface area contributed by atoms with Gasteiger partial charge in [0.1, 0.15) is 5.82 Å². The maximum Gasteiger partial charge on any atom is 0.314 e. The number of nitrogens with one attached hydrogen (secondary N) is 2. The van der Waals surface area contributed by atoms with Crippen molar-refractivity contribution in [3.8, 4) is 0 Å². The largest absolute Gasteiger partial charge is 0.481 e. The highest BCUT2D eigenvalue weighted by Crippen LogP contribution is 2.13. The van der Waals surface area contributed by atoms with Crippen LogP contribution in [0.4, 0.5) is 9.18 Å². The van der Waals surface area contributed by atoms with E-state index in [9.17, 15) is 14.0 Å². The maximum absolute atomic E-state index is 12.9. The van der Waals surface area contributed by atoms with Gasteiger partial charge < -0.3 is 15.7 Å². The predicted molar refractivity (Wildman–Crippen MR) is 77.7 cm³/mol. The van der Waals surface area contributed by atoms with Gasteiger partial charge in [-0.1, -0.05) is 6.07 Å². The SMILES string of the molecule is Cc1cc(F)ccc1CCNC(=O)NCC(C)(C)C(=O)O. The lowest BCUT2D eigenvalue weighted by Gasteiger charge is -2.19. The molecule has 0 aromatic heterocycles. The molecule has 0 saturated heterocycles. The first-order valence-electron chi connectivity index (χ1n) is 6.72. The van der Waals surface area contributed by atoms with Crippen molar-refractivity contribution in [1.82, 2.24) is 10.6 Å². The van der Waals surface area contributed by atoms with Crippen molar-refractivity contribution in [3.63, 3.8) is 0 Å². The standard InChI is InChI=1S/C15H21FN2O3/c1-10-8-12(16)5-4-11(10)6-7-17-14(21)18-9-15(2,3)13(19)20/h4-5,8H,6-7,9H2,1-3H3,(H,19,20)(H2,17,18,21). The third-order valence-corrected chi connectivity index (χ3v) is 3.25. The molecule has 3 N–H and O–H groups in total. The summed E-state index contributed by atoms with van der Waals surface area (Å²) in [4.78, 5) is 22.5. The van der Waals surface area contributed by atoms with Crippen LogP contribution in [0.3, 0.4) is 0 Å². The molecule has 0 radical (unpaired) electrons. The normalized spacial score (nSPS) is 11.0. The van der Waals surface area contributed by atoms with Crippen molar-refractivity contribution in [2.24, 2.45) is 5.41 Å². The number of hydrogen-bond donors (Lipinski definition) is 3. The van der Waals surface area contributed by atoms with Gasteiger partial charge in [-0.2, -0.15) is 0 Å². The molecular formula is C15H21FN2O3. The van der Waals surface area contributed by atoms with Crippen molar-refractivity contribution in [2.45, 2.75) is 27.2 Å². The van der Waals surface area contributed by atoms with Gasteiger partial charge in [0.15, 0.2) is 0 Å². The number of urea groups is 1. The number of halogens is 1. The molecule has 0 atom stereocenters. The van der Waals surface area contributed by atoms with Gasteiger partial charge in [-0.3, -0.25) is 4.79 Å². The highest BCUT2D eigenvalue weighted by Gasteiger charge is 2.27. The van der Waals surface area contributed by atoms with E-state index in [-0.39, 0.29) is 12.4 Å². The van der Waals surface area contributed by atoms with Crippen LogP contribution in [0.25, 0.3) is 0 Å². The number of aliphatic carboxylic acids is 1. The van der Waals surface area contributed by atoms with E-state index < -0.39 is 17.4 Å². The van der Waals surface area contributed by atoms with Crippen LogP contribution in [0.2, 0.25) is 0 Å². The number of aryl methyl sites for hydroxylation is 1. The Hall–Kier alpha value is -2.11. The summed E-state index contributed by atoms with van der Waals surface area (Å²) in [6.07, 6.45) is 0.585. The summed E-state index contributed by atoms with van der Waals surface area (Å²) in [6.45, 7) is 5.33. The summed E-state index contributed by atoms with van der Waals surface area (Å²) in [5.74, 6) is -1.25. The monoisotopic (exact) mass is 296 g/mol. The summed E-state index contributed by atoms with van der Waals surface area (Å²) in [6, 6.07) is 4.12. The van der Waals surface area contributed by atoms with Crippen LogP contribution >= 0.6 is 0 Å². The number of carbonyl (C=O) groups is 2. The van der Waals surface area contributed by atoms with Crippen LogP contribution < -0.4 is 10.6 Å². The zero-order chi connectivity index (χ0) is 16.0. The Kier molecular flexibility index (Phi) is 5.69. The topological polar surface area (TPSA) is 78.4 Å². The number of benzene rings is 1. The lowest BCUT2D eigenvalue weighted by molar-refractivity contribution is -0.146. The van der Waals surface area contributed by atoms with Crippen LogP contribution in [-0.4, -0.2) is 30.2 Å². The number of hydrogen-bond acceptors (Lipinski definition) is 2. The lowest BCUT2D eigenvalue weighted by atomic mass is 9.94. The molecule has 116 valence electrons. The number of carboxylic acid groups (broad SMARTS) is 1. The molecule has 6 heteroatoms. The Morgan fingerprint density at radius 1 is 1.29 bits per heavy atom. The van der Waals surface area contributed by atoms with E-state index in [0.717, 1.165) is 11.1 Å². The third kappa shape index (κ3) is 5.41. The molecule has 21 heavy (non-hydrogen) atoms. The van der Waals surface area contributed by atoms with E-state index in [0.29, 0.717) is 13.0 Å². The van der Waals surface area contributed by atoms with Gasteiger partial charge in [0, 0.05) is 13.1 Å². The molecular weight excluding hydrogens is 275 g/mol. The Morgan fingerprint density at radius 3 is 2.52 bits per heavy atom. The lowest BCUT2D eigenvalue weighted by Crippen LogP contribution is -2.44. The average Bonchev–Trinajstić information content (AvgIpc) is 2.39. The summed E-state index contributed by atoms with van der Waals surface area (Å²) >= 11 is 0. The van der Waals surface area contributed by atoms with Gasteiger partial charge in [-0.05, 0) is 50.5 Å². The number of amides is 2. The Bertz CT molecular complexity index is 530. The Morgan fingerprint density at radius 2 is 1.95 bits per heavy atom. The minimum absolute atomic E-state index is 0.0454. The quantitative estimate of drug-likeness (QED) is 0.752. The third-order valence-electron chi connectivity index (χ3n) is 3.25. The van der Waals surface area contributed by atoms with Crippen molar-refractivity contribution < 1.29 is 19.1 Å². The Balaban J connectivity index is 2.35. The van der Waals surface area contributed by atoms with Gasteiger partial charge in [0.2, 0.25) is 0 Å².